The van der Waals surface area contributed by atoms with Gasteiger partial charge in [0.25, 0.3) is 0 Å². The maximum absolute atomic E-state index is 14.4. The molecule has 1 aliphatic heterocycles. The second-order valence-electron chi connectivity index (χ2n) is 9.17. The van der Waals surface area contributed by atoms with E-state index in [1.54, 1.807) is 36.1 Å². The second-order valence-corrected chi connectivity index (χ2v) is 9.17. The summed E-state index contributed by atoms with van der Waals surface area (Å²) >= 11 is 0. The summed E-state index contributed by atoms with van der Waals surface area (Å²) in [6.07, 6.45) is 0.861. The smallest absolute Gasteiger partial charge is 0.335 e. The maximum Gasteiger partial charge on any atom is 0.335 e. The Hall–Kier alpha value is -3.19. The SMILES string of the molecule is C=CC(=O)N1CCN(CC(Oc2ccc(C(=O)O)c(C(C)C)c2)c2ccc(C)c(F)c2)C[C@H]1C. The van der Waals surface area contributed by atoms with Gasteiger partial charge in [-0.2, -0.15) is 0 Å². The number of amides is 1. The molecule has 2 aromatic rings. The van der Waals surface area contributed by atoms with Crippen LogP contribution in [-0.4, -0.2) is 59.0 Å². The molecule has 6 nitrogen and oxygen atoms in total. The van der Waals surface area contributed by atoms with Gasteiger partial charge in [-0.05, 0) is 66.8 Å². The summed E-state index contributed by atoms with van der Waals surface area (Å²) in [5.41, 5.74) is 2.19. The van der Waals surface area contributed by atoms with Gasteiger partial charge in [0.05, 0.1) is 5.56 Å². The normalized spacial score (nSPS) is 17.5. The molecule has 1 N–H and O–H groups in total. The number of aryl methyl sites for hydroxylation is 1. The Morgan fingerprint density at radius 2 is 1.97 bits per heavy atom. The highest BCUT2D eigenvalue weighted by atomic mass is 19.1. The molecule has 0 aliphatic carbocycles. The zero-order valence-electron chi connectivity index (χ0n) is 20.3. The lowest BCUT2D eigenvalue weighted by Crippen LogP contribution is -2.54. The number of halogens is 1. The van der Waals surface area contributed by atoms with Crippen LogP contribution in [0.15, 0.2) is 49.1 Å². The molecular formula is C27H33FN2O4. The molecule has 182 valence electrons. The van der Waals surface area contributed by atoms with Crippen LogP contribution >= 0.6 is 0 Å². The Morgan fingerprint density at radius 1 is 1.24 bits per heavy atom. The number of hydrogen-bond donors (Lipinski definition) is 1. The average Bonchev–Trinajstić information content (AvgIpc) is 2.79. The Bertz CT molecular complexity index is 1070. The van der Waals surface area contributed by atoms with Crippen LogP contribution in [0.2, 0.25) is 0 Å². The van der Waals surface area contributed by atoms with E-state index in [1.165, 1.54) is 12.1 Å². The molecule has 1 unspecified atom stereocenters. The van der Waals surface area contributed by atoms with Crippen molar-refractivity contribution in [1.29, 1.82) is 0 Å². The fraction of sp³-hybridized carbons (Fsp3) is 0.407. The van der Waals surface area contributed by atoms with Crippen LogP contribution in [0.3, 0.4) is 0 Å². The topological polar surface area (TPSA) is 70.1 Å². The van der Waals surface area contributed by atoms with Crippen LogP contribution in [0.25, 0.3) is 0 Å². The van der Waals surface area contributed by atoms with Gasteiger partial charge >= 0.3 is 5.97 Å². The number of hydrogen-bond acceptors (Lipinski definition) is 4. The number of carbonyl (C=O) groups excluding carboxylic acids is 1. The van der Waals surface area contributed by atoms with E-state index < -0.39 is 12.1 Å². The molecule has 1 amide bonds. The molecule has 1 aliphatic rings. The van der Waals surface area contributed by atoms with Crippen molar-refractivity contribution in [2.75, 3.05) is 26.2 Å². The van der Waals surface area contributed by atoms with Crippen LogP contribution < -0.4 is 4.74 Å². The third-order valence-corrected chi connectivity index (χ3v) is 6.31. The number of piperazine rings is 1. The summed E-state index contributed by atoms with van der Waals surface area (Å²) in [6, 6.07) is 10.1. The third-order valence-electron chi connectivity index (χ3n) is 6.31. The molecule has 2 aromatic carbocycles. The lowest BCUT2D eigenvalue weighted by atomic mass is 9.97. The summed E-state index contributed by atoms with van der Waals surface area (Å²) < 4.78 is 20.8. The highest BCUT2D eigenvalue weighted by Gasteiger charge is 2.29. The van der Waals surface area contributed by atoms with Gasteiger partial charge in [0.1, 0.15) is 17.7 Å². The average molecular weight is 469 g/mol. The Kier molecular flexibility index (Phi) is 8.10. The van der Waals surface area contributed by atoms with Crippen molar-refractivity contribution in [3.8, 4) is 5.75 Å². The van der Waals surface area contributed by atoms with Gasteiger partial charge in [0, 0.05) is 32.2 Å². The minimum atomic E-state index is -0.978. The van der Waals surface area contributed by atoms with Crippen molar-refractivity contribution in [3.63, 3.8) is 0 Å². The number of rotatable bonds is 8. The molecule has 0 aromatic heterocycles. The monoisotopic (exact) mass is 468 g/mol. The van der Waals surface area contributed by atoms with E-state index in [1.807, 2.05) is 26.8 Å². The summed E-state index contributed by atoms with van der Waals surface area (Å²) in [5, 5.41) is 9.52. The molecule has 0 radical (unpaired) electrons. The summed E-state index contributed by atoms with van der Waals surface area (Å²) in [6.45, 7) is 13.5. The molecule has 1 heterocycles. The minimum Gasteiger partial charge on any atom is -0.484 e. The highest BCUT2D eigenvalue weighted by Crippen LogP contribution is 2.30. The van der Waals surface area contributed by atoms with E-state index in [0.717, 1.165) is 0 Å². The molecule has 0 saturated carbocycles. The second kappa shape index (κ2) is 10.8. The fourth-order valence-electron chi connectivity index (χ4n) is 4.35. The highest BCUT2D eigenvalue weighted by molar-refractivity contribution is 5.90. The zero-order valence-corrected chi connectivity index (χ0v) is 20.3. The number of aromatic carboxylic acids is 1. The first kappa shape index (κ1) is 25.4. The Labute approximate surface area is 200 Å². The van der Waals surface area contributed by atoms with Crippen molar-refractivity contribution < 1.29 is 23.8 Å². The van der Waals surface area contributed by atoms with Crippen LogP contribution in [0.4, 0.5) is 4.39 Å². The van der Waals surface area contributed by atoms with Gasteiger partial charge < -0.3 is 14.7 Å². The molecule has 3 rings (SSSR count). The molecule has 1 fully saturated rings. The number of nitrogens with zero attached hydrogens (tertiary/aromatic N) is 2. The standard InChI is InChI=1S/C27H33FN2O4/c1-6-26(31)30-12-11-29(15-19(30)5)16-25(20-8-7-18(4)24(28)13-20)34-21-9-10-22(27(32)33)23(14-21)17(2)3/h6-10,13-14,17,19,25H,1,11-12,15-16H2,2-5H3,(H,32,33)/t19-,25?/m1/s1. The fourth-order valence-corrected chi connectivity index (χ4v) is 4.35. The Balaban J connectivity index is 1.87. The molecule has 1 saturated heterocycles. The van der Waals surface area contributed by atoms with Gasteiger partial charge in [-0.3, -0.25) is 9.69 Å². The predicted octanol–water partition coefficient (Wildman–Crippen LogP) is 4.79. The maximum atomic E-state index is 14.4. The van der Waals surface area contributed by atoms with Crippen molar-refractivity contribution in [2.45, 2.75) is 45.8 Å². The molecule has 0 bridgehead atoms. The van der Waals surface area contributed by atoms with E-state index in [0.29, 0.717) is 48.6 Å². The first-order chi connectivity index (χ1) is 16.1. The zero-order chi connectivity index (χ0) is 25.0. The van der Waals surface area contributed by atoms with Gasteiger partial charge in [-0.25, -0.2) is 9.18 Å². The number of benzene rings is 2. The van der Waals surface area contributed by atoms with E-state index >= 15 is 0 Å². The number of carbonyl (C=O) groups is 2. The summed E-state index contributed by atoms with van der Waals surface area (Å²) in [4.78, 5) is 27.7. The van der Waals surface area contributed by atoms with Gasteiger partial charge in [0.2, 0.25) is 5.91 Å². The van der Waals surface area contributed by atoms with Gasteiger partial charge in [-0.1, -0.05) is 32.6 Å². The van der Waals surface area contributed by atoms with Crippen molar-refractivity contribution in [1.82, 2.24) is 9.80 Å². The lowest BCUT2D eigenvalue weighted by Gasteiger charge is -2.40. The van der Waals surface area contributed by atoms with E-state index in [9.17, 15) is 19.1 Å². The number of carboxylic acid groups (broad SMARTS) is 1. The largest absolute Gasteiger partial charge is 0.484 e. The van der Waals surface area contributed by atoms with Crippen LogP contribution in [0.5, 0.6) is 5.75 Å². The molecular weight excluding hydrogens is 435 g/mol. The molecule has 7 heteroatoms. The quantitative estimate of drug-likeness (QED) is 0.564. The van der Waals surface area contributed by atoms with Crippen molar-refractivity contribution in [3.05, 3.63) is 77.1 Å². The number of carboxylic acids is 1. The van der Waals surface area contributed by atoms with Crippen LogP contribution in [-0.2, 0) is 4.79 Å². The number of ether oxygens (including phenoxy) is 1. The van der Waals surface area contributed by atoms with Crippen LogP contribution in [0.1, 0.15) is 59.8 Å². The van der Waals surface area contributed by atoms with Gasteiger partial charge in [-0.15, -0.1) is 0 Å². The van der Waals surface area contributed by atoms with Gasteiger partial charge in [0.15, 0.2) is 0 Å². The first-order valence-corrected chi connectivity index (χ1v) is 11.6. The summed E-state index contributed by atoms with van der Waals surface area (Å²) in [5.74, 6) is -0.826. The first-order valence-electron chi connectivity index (χ1n) is 11.6. The van der Waals surface area contributed by atoms with Crippen LogP contribution in [0, 0.1) is 12.7 Å². The predicted molar refractivity (Wildman–Crippen MR) is 130 cm³/mol. The molecule has 0 spiro atoms. The summed E-state index contributed by atoms with van der Waals surface area (Å²) in [7, 11) is 0. The molecule has 2 atom stereocenters. The Morgan fingerprint density at radius 3 is 2.56 bits per heavy atom. The third kappa shape index (κ3) is 5.83. The molecule has 34 heavy (non-hydrogen) atoms. The van der Waals surface area contributed by atoms with E-state index in [4.69, 9.17) is 4.74 Å². The van der Waals surface area contributed by atoms with Crippen molar-refractivity contribution in [2.24, 2.45) is 0 Å². The van der Waals surface area contributed by atoms with E-state index in [-0.39, 0.29) is 29.2 Å². The van der Waals surface area contributed by atoms with E-state index in [2.05, 4.69) is 11.5 Å². The van der Waals surface area contributed by atoms with Crippen molar-refractivity contribution >= 4 is 11.9 Å². The minimum absolute atomic E-state index is 0.00115. The lowest BCUT2D eigenvalue weighted by molar-refractivity contribution is -0.130.